The molecule has 0 aromatic heterocycles. The van der Waals surface area contributed by atoms with Gasteiger partial charge in [0.25, 0.3) is 0 Å². The van der Waals surface area contributed by atoms with Gasteiger partial charge in [0, 0.05) is 42.8 Å². The van der Waals surface area contributed by atoms with E-state index in [1.807, 2.05) is 0 Å². The minimum atomic E-state index is -0.164. The topological polar surface area (TPSA) is 15.3 Å². The van der Waals surface area contributed by atoms with Crippen LogP contribution >= 0.6 is 11.6 Å². The molecule has 0 radical (unpaired) electrons. The summed E-state index contributed by atoms with van der Waals surface area (Å²) in [6, 6.07) is 5.29. The second kappa shape index (κ2) is 6.69. The predicted octanol–water partition coefficient (Wildman–Crippen LogP) is 3.30. The van der Waals surface area contributed by atoms with E-state index in [1.54, 1.807) is 12.1 Å². The quantitative estimate of drug-likeness (QED) is 0.913. The van der Waals surface area contributed by atoms with E-state index in [4.69, 9.17) is 11.6 Å². The molecule has 0 spiro atoms. The number of benzene rings is 1. The number of halogens is 2. The van der Waals surface area contributed by atoms with Gasteiger partial charge in [-0.1, -0.05) is 25.4 Å². The molecule has 2 nitrogen and oxygen atoms in total. The lowest BCUT2D eigenvalue weighted by Gasteiger charge is -2.34. The van der Waals surface area contributed by atoms with Crippen LogP contribution in [0, 0.1) is 11.7 Å². The Bertz CT molecular complexity index is 423. The zero-order valence-corrected chi connectivity index (χ0v) is 12.4. The van der Waals surface area contributed by atoms with E-state index in [-0.39, 0.29) is 5.82 Å². The summed E-state index contributed by atoms with van der Waals surface area (Å²) in [5.74, 6) is 0.517. The van der Waals surface area contributed by atoms with Crippen molar-refractivity contribution in [2.75, 3.05) is 19.6 Å². The van der Waals surface area contributed by atoms with Crippen LogP contribution in [0.1, 0.15) is 25.8 Å². The van der Waals surface area contributed by atoms with Gasteiger partial charge in [-0.3, -0.25) is 4.90 Å². The maximum atomic E-state index is 13.7. The Morgan fingerprint density at radius 3 is 3.00 bits per heavy atom. The summed E-state index contributed by atoms with van der Waals surface area (Å²) in [6.07, 6.45) is 1.16. The summed E-state index contributed by atoms with van der Waals surface area (Å²) in [6.45, 7) is 8.02. The molecule has 1 aliphatic heterocycles. The molecular weight excluding hydrogens is 263 g/mol. The Kier molecular flexibility index (Phi) is 5.20. The molecular formula is C15H22ClFN2. The zero-order chi connectivity index (χ0) is 13.8. The van der Waals surface area contributed by atoms with Crippen LogP contribution in [0.2, 0.25) is 5.02 Å². The molecule has 1 atom stereocenters. The van der Waals surface area contributed by atoms with Crippen molar-refractivity contribution < 1.29 is 4.39 Å². The summed E-state index contributed by atoms with van der Waals surface area (Å²) in [4.78, 5) is 2.30. The molecule has 0 bridgehead atoms. The van der Waals surface area contributed by atoms with Crippen molar-refractivity contribution in [2.45, 2.75) is 32.9 Å². The SMILES string of the molecule is CC(C)CC1CN(Cc2cc(Cl)ccc2F)CCN1. The fourth-order valence-corrected chi connectivity index (χ4v) is 2.86. The molecule has 19 heavy (non-hydrogen) atoms. The van der Waals surface area contributed by atoms with Crippen molar-refractivity contribution in [2.24, 2.45) is 5.92 Å². The first kappa shape index (κ1) is 14.8. The lowest BCUT2D eigenvalue weighted by Crippen LogP contribution is -2.50. The lowest BCUT2D eigenvalue weighted by atomic mass is 10.0. The van der Waals surface area contributed by atoms with Crippen molar-refractivity contribution in [3.63, 3.8) is 0 Å². The summed E-state index contributed by atoms with van der Waals surface area (Å²) in [7, 11) is 0. The maximum absolute atomic E-state index is 13.7. The van der Waals surface area contributed by atoms with Gasteiger partial charge in [0.2, 0.25) is 0 Å². The monoisotopic (exact) mass is 284 g/mol. The van der Waals surface area contributed by atoms with Crippen molar-refractivity contribution in [3.8, 4) is 0 Å². The molecule has 4 heteroatoms. The molecule has 0 aliphatic carbocycles. The fourth-order valence-electron chi connectivity index (χ4n) is 2.67. The van der Waals surface area contributed by atoms with Crippen LogP contribution in [0.3, 0.4) is 0 Å². The average molecular weight is 285 g/mol. The van der Waals surface area contributed by atoms with Crippen molar-refractivity contribution in [3.05, 3.63) is 34.6 Å². The van der Waals surface area contributed by atoms with Crippen LogP contribution in [-0.4, -0.2) is 30.6 Å². The number of hydrogen-bond acceptors (Lipinski definition) is 2. The normalized spacial score (nSPS) is 21.0. The first-order chi connectivity index (χ1) is 9.04. The Morgan fingerprint density at radius 1 is 1.47 bits per heavy atom. The molecule has 2 rings (SSSR count). The molecule has 0 amide bonds. The summed E-state index contributed by atoms with van der Waals surface area (Å²) in [5, 5.41) is 4.13. The molecule has 1 saturated heterocycles. The molecule has 0 saturated carbocycles. The Balaban J connectivity index is 1.96. The van der Waals surface area contributed by atoms with Gasteiger partial charge in [0.1, 0.15) is 5.82 Å². The second-order valence-electron chi connectivity index (χ2n) is 5.75. The molecule has 1 aliphatic rings. The van der Waals surface area contributed by atoms with Gasteiger partial charge in [-0.15, -0.1) is 0 Å². The minimum absolute atomic E-state index is 0.164. The van der Waals surface area contributed by atoms with Crippen LogP contribution in [0.4, 0.5) is 4.39 Å². The van der Waals surface area contributed by atoms with Gasteiger partial charge < -0.3 is 5.32 Å². The fraction of sp³-hybridized carbons (Fsp3) is 0.600. The highest BCUT2D eigenvalue weighted by Crippen LogP contribution is 2.18. The van der Waals surface area contributed by atoms with E-state index in [2.05, 4.69) is 24.1 Å². The average Bonchev–Trinajstić information content (AvgIpc) is 2.33. The first-order valence-corrected chi connectivity index (χ1v) is 7.32. The van der Waals surface area contributed by atoms with Crippen molar-refractivity contribution in [1.29, 1.82) is 0 Å². The number of hydrogen-bond donors (Lipinski definition) is 1. The predicted molar refractivity (Wildman–Crippen MR) is 77.9 cm³/mol. The van der Waals surface area contributed by atoms with E-state index in [9.17, 15) is 4.39 Å². The van der Waals surface area contributed by atoms with Gasteiger partial charge in [0.05, 0.1) is 0 Å². The number of piperazine rings is 1. The molecule has 1 N–H and O–H groups in total. The van der Waals surface area contributed by atoms with E-state index >= 15 is 0 Å². The van der Waals surface area contributed by atoms with Crippen molar-refractivity contribution in [1.82, 2.24) is 10.2 Å². The highest BCUT2D eigenvalue weighted by atomic mass is 35.5. The van der Waals surface area contributed by atoms with Crippen LogP contribution in [-0.2, 0) is 6.54 Å². The first-order valence-electron chi connectivity index (χ1n) is 6.94. The van der Waals surface area contributed by atoms with Crippen LogP contribution in [0.5, 0.6) is 0 Å². The van der Waals surface area contributed by atoms with Gasteiger partial charge in [-0.05, 0) is 30.5 Å². The third kappa shape index (κ3) is 4.44. The Hall–Kier alpha value is -0.640. The largest absolute Gasteiger partial charge is 0.311 e. The highest BCUT2D eigenvalue weighted by Gasteiger charge is 2.20. The summed E-state index contributed by atoms with van der Waals surface area (Å²) < 4.78 is 13.7. The highest BCUT2D eigenvalue weighted by molar-refractivity contribution is 6.30. The van der Waals surface area contributed by atoms with E-state index in [1.165, 1.54) is 6.07 Å². The van der Waals surface area contributed by atoms with Gasteiger partial charge >= 0.3 is 0 Å². The molecule has 106 valence electrons. The number of nitrogens with one attached hydrogen (secondary N) is 1. The number of nitrogens with zero attached hydrogens (tertiary/aromatic N) is 1. The zero-order valence-electron chi connectivity index (χ0n) is 11.6. The summed E-state index contributed by atoms with van der Waals surface area (Å²) in [5.41, 5.74) is 0.692. The maximum Gasteiger partial charge on any atom is 0.127 e. The van der Waals surface area contributed by atoms with Crippen LogP contribution in [0.15, 0.2) is 18.2 Å². The van der Waals surface area contributed by atoms with Gasteiger partial charge in [-0.25, -0.2) is 4.39 Å². The molecule has 1 unspecified atom stereocenters. The van der Waals surface area contributed by atoms with E-state index in [0.29, 0.717) is 29.1 Å². The summed E-state index contributed by atoms with van der Waals surface area (Å²) >= 11 is 5.93. The molecule has 1 heterocycles. The Labute approximate surface area is 119 Å². The van der Waals surface area contributed by atoms with E-state index < -0.39 is 0 Å². The third-order valence-corrected chi connectivity index (χ3v) is 3.73. The number of rotatable bonds is 4. The van der Waals surface area contributed by atoms with Crippen LogP contribution in [0.25, 0.3) is 0 Å². The standard InChI is InChI=1S/C15H22ClFN2/c1-11(2)7-14-10-19(6-5-18-14)9-12-8-13(16)3-4-15(12)17/h3-4,8,11,14,18H,5-7,9-10H2,1-2H3. The molecule has 1 aromatic rings. The molecule has 1 aromatic carbocycles. The van der Waals surface area contributed by atoms with Gasteiger partial charge in [0.15, 0.2) is 0 Å². The van der Waals surface area contributed by atoms with E-state index in [0.717, 1.165) is 26.1 Å². The molecule has 1 fully saturated rings. The van der Waals surface area contributed by atoms with Crippen molar-refractivity contribution >= 4 is 11.6 Å². The third-order valence-electron chi connectivity index (χ3n) is 3.50. The second-order valence-corrected chi connectivity index (χ2v) is 6.19. The Morgan fingerprint density at radius 2 is 2.26 bits per heavy atom. The smallest absolute Gasteiger partial charge is 0.127 e. The van der Waals surface area contributed by atoms with Gasteiger partial charge in [-0.2, -0.15) is 0 Å². The lowest BCUT2D eigenvalue weighted by molar-refractivity contribution is 0.178. The minimum Gasteiger partial charge on any atom is -0.311 e. The van der Waals surface area contributed by atoms with Crippen LogP contribution < -0.4 is 5.32 Å².